The van der Waals surface area contributed by atoms with E-state index in [4.69, 9.17) is 9.47 Å². The van der Waals surface area contributed by atoms with Gasteiger partial charge in [0.1, 0.15) is 6.61 Å². The molecule has 2 heterocycles. The Balaban J connectivity index is 1.63. The number of halogens is 3. The van der Waals surface area contributed by atoms with Gasteiger partial charge in [-0.2, -0.15) is 13.2 Å². The number of piperidine rings is 1. The molecule has 2 aliphatic rings. The smallest absolute Gasteiger partial charge is 0.416 e. The summed E-state index contributed by atoms with van der Waals surface area (Å²) in [7, 11) is 0. The minimum Gasteiger partial charge on any atom is -0.486 e. The second kappa shape index (κ2) is 7.37. The largest absolute Gasteiger partial charge is 0.486 e. The highest BCUT2D eigenvalue weighted by molar-refractivity contribution is 5.50. The van der Waals surface area contributed by atoms with Crippen molar-refractivity contribution in [2.75, 3.05) is 13.2 Å². The van der Waals surface area contributed by atoms with E-state index < -0.39 is 17.8 Å². The van der Waals surface area contributed by atoms with Gasteiger partial charge in [-0.15, -0.1) is 0 Å². The van der Waals surface area contributed by atoms with Gasteiger partial charge in [-0.25, -0.2) is 0 Å². The van der Waals surface area contributed by atoms with E-state index in [9.17, 15) is 18.0 Å². The van der Waals surface area contributed by atoms with Crippen LogP contribution in [0.1, 0.15) is 29.9 Å². The first-order valence-corrected chi connectivity index (χ1v) is 9.24. The van der Waals surface area contributed by atoms with E-state index in [0.29, 0.717) is 18.0 Å². The van der Waals surface area contributed by atoms with Crippen molar-refractivity contribution in [3.05, 3.63) is 59.7 Å². The molecule has 1 saturated heterocycles. The number of hydrogen-bond acceptors (Lipinski definition) is 3. The van der Waals surface area contributed by atoms with Crippen molar-refractivity contribution in [2.24, 2.45) is 0 Å². The molecular formula is C21H20F3NO3. The molecule has 0 spiro atoms. The maximum Gasteiger partial charge on any atom is 0.416 e. The summed E-state index contributed by atoms with van der Waals surface area (Å²) in [5.41, 5.74) is 0.0917. The standard InChI is InChI=1S/C21H20F3NO3/c22-21(23,24)15-9-7-14(8-10-15)16-4-3-11-25(13-26)20(16)19-12-27-17-5-1-2-6-18(17)28-19/h1-2,5-10,13,16,19-20H,3-4,11-12H2/t16-,19-,20?/m0/s1. The quantitative estimate of drug-likeness (QED) is 0.735. The van der Waals surface area contributed by atoms with Crippen LogP contribution in [0, 0.1) is 0 Å². The zero-order valence-electron chi connectivity index (χ0n) is 15.1. The van der Waals surface area contributed by atoms with Gasteiger partial charge >= 0.3 is 6.18 Å². The minimum absolute atomic E-state index is 0.125. The number of nitrogens with zero attached hydrogens (tertiary/aromatic N) is 1. The van der Waals surface area contributed by atoms with Gasteiger partial charge < -0.3 is 14.4 Å². The molecule has 1 fully saturated rings. The second-order valence-electron chi connectivity index (χ2n) is 7.12. The lowest BCUT2D eigenvalue weighted by atomic mass is 9.80. The van der Waals surface area contributed by atoms with Crippen LogP contribution in [-0.2, 0) is 11.0 Å². The van der Waals surface area contributed by atoms with Crippen LogP contribution in [0.25, 0.3) is 0 Å². The third-order valence-corrected chi connectivity index (χ3v) is 5.44. The van der Waals surface area contributed by atoms with Crippen LogP contribution in [0.2, 0.25) is 0 Å². The summed E-state index contributed by atoms with van der Waals surface area (Å²) in [6.45, 7) is 0.871. The van der Waals surface area contributed by atoms with E-state index in [2.05, 4.69) is 0 Å². The fourth-order valence-corrected chi connectivity index (χ4v) is 4.13. The monoisotopic (exact) mass is 391 g/mol. The molecular weight excluding hydrogens is 371 g/mol. The van der Waals surface area contributed by atoms with Gasteiger partial charge in [0.2, 0.25) is 6.41 Å². The Labute approximate surface area is 160 Å². The maximum atomic E-state index is 12.9. The zero-order valence-corrected chi connectivity index (χ0v) is 15.1. The van der Waals surface area contributed by atoms with Gasteiger partial charge in [0.25, 0.3) is 0 Å². The Kier molecular flexibility index (Phi) is 4.91. The Morgan fingerprint density at radius 1 is 1.04 bits per heavy atom. The molecule has 1 amide bonds. The van der Waals surface area contributed by atoms with Gasteiger partial charge in [-0.1, -0.05) is 24.3 Å². The molecule has 2 aliphatic heterocycles. The molecule has 4 rings (SSSR count). The molecule has 0 N–H and O–H groups in total. The number of carbonyl (C=O) groups is 1. The number of alkyl halides is 3. The predicted molar refractivity (Wildman–Crippen MR) is 96.3 cm³/mol. The van der Waals surface area contributed by atoms with E-state index in [-0.39, 0.29) is 18.6 Å². The minimum atomic E-state index is -4.37. The van der Waals surface area contributed by atoms with Crippen LogP contribution in [-0.4, -0.2) is 36.6 Å². The number of para-hydroxylation sites is 2. The van der Waals surface area contributed by atoms with Gasteiger partial charge in [0.15, 0.2) is 17.6 Å². The molecule has 0 aromatic heterocycles. The summed E-state index contributed by atoms with van der Waals surface area (Å²) >= 11 is 0. The van der Waals surface area contributed by atoms with Gasteiger partial charge in [-0.05, 0) is 42.7 Å². The van der Waals surface area contributed by atoms with Gasteiger partial charge in [0, 0.05) is 12.5 Å². The Hall–Kier alpha value is -2.70. The van der Waals surface area contributed by atoms with Crippen molar-refractivity contribution in [3.63, 3.8) is 0 Å². The van der Waals surface area contributed by atoms with E-state index in [1.165, 1.54) is 12.1 Å². The molecule has 0 bridgehead atoms. The number of amides is 1. The molecule has 0 radical (unpaired) electrons. The third-order valence-electron chi connectivity index (χ3n) is 5.44. The van der Waals surface area contributed by atoms with Crippen molar-refractivity contribution in [2.45, 2.75) is 37.1 Å². The van der Waals surface area contributed by atoms with E-state index in [0.717, 1.165) is 36.9 Å². The summed E-state index contributed by atoms with van der Waals surface area (Å²) in [5.74, 6) is 1.14. The van der Waals surface area contributed by atoms with Crippen LogP contribution in [0.3, 0.4) is 0 Å². The van der Waals surface area contributed by atoms with Crippen LogP contribution in [0.5, 0.6) is 11.5 Å². The number of benzene rings is 2. The van der Waals surface area contributed by atoms with E-state index in [1.807, 2.05) is 24.3 Å². The first-order chi connectivity index (χ1) is 13.5. The topological polar surface area (TPSA) is 38.8 Å². The fourth-order valence-electron chi connectivity index (χ4n) is 4.13. The first kappa shape index (κ1) is 18.7. The molecule has 2 aromatic rings. The average Bonchev–Trinajstić information content (AvgIpc) is 2.72. The highest BCUT2D eigenvalue weighted by atomic mass is 19.4. The fraction of sp³-hybridized carbons (Fsp3) is 0.381. The normalized spacial score (nSPS) is 24.7. The first-order valence-electron chi connectivity index (χ1n) is 9.24. The predicted octanol–water partition coefficient (Wildman–Crippen LogP) is 4.25. The number of ether oxygens (including phenoxy) is 2. The van der Waals surface area contributed by atoms with Crippen LogP contribution < -0.4 is 9.47 Å². The van der Waals surface area contributed by atoms with E-state index >= 15 is 0 Å². The summed E-state index contributed by atoms with van der Waals surface area (Å²) in [4.78, 5) is 13.4. The highest BCUT2D eigenvalue weighted by Gasteiger charge is 2.41. The molecule has 4 nitrogen and oxygen atoms in total. The Morgan fingerprint density at radius 3 is 2.43 bits per heavy atom. The third kappa shape index (κ3) is 3.53. The SMILES string of the molecule is O=CN1CCC[C@@H](c2ccc(C(F)(F)F)cc2)C1[C@@H]1COc2ccccc2O1. The zero-order chi connectivity index (χ0) is 19.7. The summed E-state index contributed by atoms with van der Waals surface area (Å²) in [5, 5.41) is 0. The second-order valence-corrected chi connectivity index (χ2v) is 7.12. The molecule has 3 atom stereocenters. The highest BCUT2D eigenvalue weighted by Crippen LogP contribution is 2.40. The number of rotatable bonds is 3. The number of carbonyl (C=O) groups excluding carboxylic acids is 1. The van der Waals surface area contributed by atoms with Crippen LogP contribution in [0.15, 0.2) is 48.5 Å². The van der Waals surface area contributed by atoms with E-state index in [1.54, 1.807) is 4.90 Å². The van der Waals surface area contributed by atoms with Crippen molar-refractivity contribution >= 4 is 6.41 Å². The summed E-state index contributed by atoms with van der Waals surface area (Å²) in [6, 6.07) is 12.2. The van der Waals surface area contributed by atoms with Crippen LogP contribution >= 0.6 is 0 Å². The summed E-state index contributed by atoms with van der Waals surface area (Å²) < 4.78 is 50.6. The lowest BCUT2D eigenvalue weighted by molar-refractivity contribution is -0.137. The molecule has 0 aliphatic carbocycles. The van der Waals surface area contributed by atoms with Crippen molar-refractivity contribution < 1.29 is 27.4 Å². The lowest BCUT2D eigenvalue weighted by Gasteiger charge is -2.44. The Bertz CT molecular complexity index is 838. The van der Waals surface area contributed by atoms with Crippen molar-refractivity contribution in [1.82, 2.24) is 4.90 Å². The maximum absolute atomic E-state index is 12.9. The van der Waals surface area contributed by atoms with Gasteiger partial charge in [-0.3, -0.25) is 4.79 Å². The average molecular weight is 391 g/mol. The van der Waals surface area contributed by atoms with Crippen molar-refractivity contribution in [3.8, 4) is 11.5 Å². The molecule has 7 heteroatoms. The van der Waals surface area contributed by atoms with Crippen LogP contribution in [0.4, 0.5) is 13.2 Å². The molecule has 148 valence electrons. The molecule has 2 aromatic carbocycles. The Morgan fingerprint density at radius 2 is 1.75 bits per heavy atom. The lowest BCUT2D eigenvalue weighted by Crippen LogP contribution is -2.55. The van der Waals surface area contributed by atoms with Crippen molar-refractivity contribution in [1.29, 1.82) is 0 Å². The summed E-state index contributed by atoms with van der Waals surface area (Å²) in [6.07, 6.45) is -2.42. The molecule has 1 unspecified atom stereocenters. The number of likely N-dealkylation sites (tertiary alicyclic amines) is 1. The molecule has 28 heavy (non-hydrogen) atoms. The van der Waals surface area contributed by atoms with Gasteiger partial charge in [0.05, 0.1) is 11.6 Å². The molecule has 0 saturated carbocycles. The number of hydrogen-bond donors (Lipinski definition) is 0. The number of fused-ring (bicyclic) bond motifs is 1.